The van der Waals surface area contributed by atoms with Gasteiger partial charge in [-0.1, -0.05) is 0 Å². The van der Waals surface area contributed by atoms with E-state index in [1.165, 1.54) is 13.8 Å². The molecule has 0 heterocycles. The van der Waals surface area contributed by atoms with E-state index < -0.39 is 5.79 Å². The van der Waals surface area contributed by atoms with Gasteiger partial charge in [0.15, 0.2) is 5.79 Å². The quantitative estimate of drug-likeness (QED) is 0.414. The molecule has 0 aliphatic heterocycles. The summed E-state index contributed by atoms with van der Waals surface area (Å²) in [6.45, 7) is 6.04. The van der Waals surface area contributed by atoms with Crippen LogP contribution in [0.3, 0.4) is 0 Å². The van der Waals surface area contributed by atoms with E-state index in [-0.39, 0.29) is 6.10 Å². The van der Waals surface area contributed by atoms with Crippen molar-refractivity contribution in [3.63, 3.8) is 0 Å². The summed E-state index contributed by atoms with van der Waals surface area (Å²) in [6.07, 6.45) is -0.167. The number of hydrogen-bond donors (Lipinski definition) is 3. The van der Waals surface area contributed by atoms with Crippen LogP contribution in [0.15, 0.2) is 0 Å². The monoisotopic (exact) mass is 136 g/mol. The molecule has 0 saturated carbocycles. The average molecular weight is 136 g/mol. The van der Waals surface area contributed by atoms with Crippen LogP contribution in [-0.2, 0) is 0 Å². The number of rotatable bonds is 0. The Bertz CT molecular complexity index is 45.1. The fraction of sp³-hybridized carbons (Fsp3) is 1.00. The van der Waals surface area contributed by atoms with E-state index in [0.29, 0.717) is 0 Å². The molecule has 3 N–H and O–H groups in total. The van der Waals surface area contributed by atoms with E-state index in [4.69, 9.17) is 15.3 Å². The molecule has 58 valence electrons. The summed E-state index contributed by atoms with van der Waals surface area (Å²) in [6, 6.07) is 0. The molecule has 0 aromatic heterocycles. The number of aliphatic hydroxyl groups is 3. The highest BCUT2D eigenvalue weighted by atomic mass is 16.5. The molecule has 9 heavy (non-hydrogen) atoms. The van der Waals surface area contributed by atoms with Crippen molar-refractivity contribution in [1.29, 1.82) is 0 Å². The van der Waals surface area contributed by atoms with Gasteiger partial charge in [-0.05, 0) is 27.7 Å². The average Bonchev–Trinajstić information content (AvgIpc) is 1.19. The minimum absolute atomic E-state index is 0.167. The lowest BCUT2D eigenvalue weighted by Gasteiger charge is -2.03. The van der Waals surface area contributed by atoms with E-state index in [0.717, 1.165) is 0 Å². The molecule has 0 rings (SSSR count). The molecule has 0 saturated heterocycles. The third kappa shape index (κ3) is 18900. The molecule has 0 aromatic rings. The molecule has 3 nitrogen and oxygen atoms in total. The molecular weight excluding hydrogens is 120 g/mol. The van der Waals surface area contributed by atoms with Crippen molar-refractivity contribution in [2.24, 2.45) is 0 Å². The van der Waals surface area contributed by atoms with Crippen molar-refractivity contribution in [1.82, 2.24) is 0 Å². The zero-order valence-corrected chi connectivity index (χ0v) is 6.42. The number of aliphatic hydroxyl groups excluding tert-OH is 1. The summed E-state index contributed by atoms with van der Waals surface area (Å²) in [5.41, 5.74) is 0. The summed E-state index contributed by atoms with van der Waals surface area (Å²) in [5.74, 6) is -1.50. The van der Waals surface area contributed by atoms with Gasteiger partial charge in [0.05, 0.1) is 0 Å². The van der Waals surface area contributed by atoms with Crippen LogP contribution in [0.2, 0.25) is 0 Å². The maximum atomic E-state index is 8.08. The van der Waals surface area contributed by atoms with Crippen molar-refractivity contribution >= 4 is 0 Å². The van der Waals surface area contributed by atoms with Crippen molar-refractivity contribution in [2.75, 3.05) is 0 Å². The van der Waals surface area contributed by atoms with E-state index in [1.54, 1.807) is 13.8 Å². The Labute approximate surface area is 56.0 Å². The van der Waals surface area contributed by atoms with Gasteiger partial charge in [-0.3, -0.25) is 0 Å². The van der Waals surface area contributed by atoms with Crippen molar-refractivity contribution in [3.05, 3.63) is 0 Å². The van der Waals surface area contributed by atoms with Crippen LogP contribution in [0.5, 0.6) is 0 Å². The summed E-state index contributed by atoms with van der Waals surface area (Å²) >= 11 is 0. The topological polar surface area (TPSA) is 60.7 Å². The molecule has 0 bridgehead atoms. The minimum Gasteiger partial charge on any atom is -0.394 e. The van der Waals surface area contributed by atoms with Crippen LogP contribution in [0, 0.1) is 0 Å². The van der Waals surface area contributed by atoms with Crippen LogP contribution in [0.1, 0.15) is 27.7 Å². The first-order valence-electron chi connectivity index (χ1n) is 2.86. The highest BCUT2D eigenvalue weighted by Gasteiger charge is 2.00. The first kappa shape index (κ1) is 11.6. The maximum absolute atomic E-state index is 8.08. The van der Waals surface area contributed by atoms with E-state index in [1.807, 2.05) is 0 Å². The lowest BCUT2D eigenvalue weighted by Crippen LogP contribution is -2.15. The van der Waals surface area contributed by atoms with Gasteiger partial charge < -0.3 is 15.3 Å². The summed E-state index contributed by atoms with van der Waals surface area (Å²) in [4.78, 5) is 0. The molecule has 0 radical (unpaired) electrons. The van der Waals surface area contributed by atoms with Gasteiger partial charge in [-0.2, -0.15) is 0 Å². The lowest BCUT2D eigenvalue weighted by atomic mass is 10.4. The van der Waals surface area contributed by atoms with Crippen LogP contribution >= 0.6 is 0 Å². The third-order valence-electron chi connectivity index (χ3n) is 0. The fourth-order valence-electron chi connectivity index (χ4n) is 0. The minimum atomic E-state index is -1.50. The van der Waals surface area contributed by atoms with Gasteiger partial charge in [0.1, 0.15) is 0 Å². The highest BCUT2D eigenvalue weighted by molar-refractivity contribution is 4.37. The second kappa shape index (κ2) is 4.73. The SMILES string of the molecule is CC(C)(O)O.CC(C)O. The van der Waals surface area contributed by atoms with Crippen LogP contribution in [0.4, 0.5) is 0 Å². The Morgan fingerprint density at radius 1 is 1.11 bits per heavy atom. The second-order valence-corrected chi connectivity index (χ2v) is 2.59. The molecule has 0 spiro atoms. The van der Waals surface area contributed by atoms with Crippen molar-refractivity contribution in [3.8, 4) is 0 Å². The number of hydrogen-bond acceptors (Lipinski definition) is 3. The van der Waals surface area contributed by atoms with Gasteiger partial charge in [0, 0.05) is 6.10 Å². The summed E-state index contributed by atoms with van der Waals surface area (Å²) in [7, 11) is 0. The highest BCUT2D eigenvalue weighted by Crippen LogP contribution is 1.88. The summed E-state index contributed by atoms with van der Waals surface area (Å²) in [5, 5.41) is 24.2. The molecule has 0 fully saturated rings. The van der Waals surface area contributed by atoms with Crippen molar-refractivity contribution < 1.29 is 15.3 Å². The lowest BCUT2D eigenvalue weighted by molar-refractivity contribution is -0.127. The zero-order valence-electron chi connectivity index (χ0n) is 6.42. The molecule has 3 heteroatoms. The largest absolute Gasteiger partial charge is 0.394 e. The Morgan fingerprint density at radius 3 is 1.11 bits per heavy atom. The first-order chi connectivity index (χ1) is 3.73. The van der Waals surface area contributed by atoms with E-state index >= 15 is 0 Å². The predicted molar refractivity (Wildman–Crippen MR) is 35.9 cm³/mol. The molecule has 0 aromatic carbocycles. The fourth-order valence-corrected chi connectivity index (χ4v) is 0. The van der Waals surface area contributed by atoms with E-state index in [2.05, 4.69) is 0 Å². The molecular formula is C6H16O3. The van der Waals surface area contributed by atoms with Gasteiger partial charge in [0.2, 0.25) is 0 Å². The normalized spacial score (nSPS) is 10.7. The Morgan fingerprint density at radius 2 is 1.11 bits per heavy atom. The standard InChI is InChI=1S/C3H8O2.C3H8O/c1-3(2,4)5;1-3(2)4/h4-5H,1-2H3;3-4H,1-2H3. The van der Waals surface area contributed by atoms with E-state index in [9.17, 15) is 0 Å². The Kier molecular flexibility index (Phi) is 6.12. The van der Waals surface area contributed by atoms with Crippen LogP contribution in [0.25, 0.3) is 0 Å². The smallest absolute Gasteiger partial charge is 0.156 e. The maximum Gasteiger partial charge on any atom is 0.156 e. The van der Waals surface area contributed by atoms with Gasteiger partial charge >= 0.3 is 0 Å². The molecule has 0 atom stereocenters. The second-order valence-electron chi connectivity index (χ2n) is 2.59. The zero-order chi connectivity index (χ0) is 8.08. The molecule has 0 amide bonds. The predicted octanol–water partition coefficient (Wildman–Crippen LogP) is 0.0942. The van der Waals surface area contributed by atoms with Gasteiger partial charge in [-0.25, -0.2) is 0 Å². The Balaban J connectivity index is 0. The third-order valence-corrected chi connectivity index (χ3v) is 0. The first-order valence-corrected chi connectivity index (χ1v) is 2.86. The van der Waals surface area contributed by atoms with Gasteiger partial charge in [-0.15, -0.1) is 0 Å². The van der Waals surface area contributed by atoms with Crippen LogP contribution < -0.4 is 0 Å². The molecule has 0 aliphatic rings. The van der Waals surface area contributed by atoms with Crippen molar-refractivity contribution in [2.45, 2.75) is 39.6 Å². The molecule has 0 unspecified atom stereocenters. The van der Waals surface area contributed by atoms with Crippen LogP contribution in [-0.4, -0.2) is 27.2 Å². The summed E-state index contributed by atoms with van der Waals surface area (Å²) < 4.78 is 0. The Hall–Kier alpha value is -0.120. The van der Waals surface area contributed by atoms with Gasteiger partial charge in [0.25, 0.3) is 0 Å². The molecule has 0 aliphatic carbocycles.